The van der Waals surface area contributed by atoms with E-state index in [0.29, 0.717) is 19.7 Å². The summed E-state index contributed by atoms with van der Waals surface area (Å²) in [4.78, 5) is 14.4. The van der Waals surface area contributed by atoms with Crippen LogP contribution in [0.2, 0.25) is 0 Å². The van der Waals surface area contributed by atoms with Gasteiger partial charge in [-0.15, -0.1) is 24.8 Å². The number of morpholine rings is 1. The Morgan fingerprint density at radius 1 is 1.26 bits per heavy atom. The molecule has 0 saturated carbocycles. The minimum atomic E-state index is -0.350. The van der Waals surface area contributed by atoms with Crippen LogP contribution in [0.3, 0.4) is 0 Å². The van der Waals surface area contributed by atoms with Crippen molar-refractivity contribution in [1.29, 1.82) is 0 Å². The predicted molar refractivity (Wildman–Crippen MR) is 97.5 cm³/mol. The van der Waals surface area contributed by atoms with Crippen LogP contribution in [-0.2, 0) is 16.1 Å². The molecule has 23 heavy (non-hydrogen) atoms. The van der Waals surface area contributed by atoms with Crippen LogP contribution in [-0.4, -0.2) is 56.7 Å². The fourth-order valence-corrected chi connectivity index (χ4v) is 2.44. The molecular formula is C16H27Cl2N3O2. The number of amides is 1. The van der Waals surface area contributed by atoms with Crippen molar-refractivity contribution in [3.8, 4) is 0 Å². The summed E-state index contributed by atoms with van der Waals surface area (Å²) in [5.41, 5.74) is 1.27. The van der Waals surface area contributed by atoms with Crippen molar-refractivity contribution in [2.24, 2.45) is 0 Å². The number of nitrogens with zero attached hydrogens (tertiary/aromatic N) is 1. The number of carbonyl (C=O) groups is 1. The van der Waals surface area contributed by atoms with Crippen molar-refractivity contribution >= 4 is 30.7 Å². The molecule has 2 N–H and O–H groups in total. The van der Waals surface area contributed by atoms with Gasteiger partial charge in [-0.1, -0.05) is 30.3 Å². The average Bonchev–Trinajstić information content (AvgIpc) is 2.53. The molecule has 7 heteroatoms. The predicted octanol–water partition coefficient (Wildman–Crippen LogP) is 1.46. The Bertz CT molecular complexity index is 435. The summed E-state index contributed by atoms with van der Waals surface area (Å²) >= 11 is 0. The first kappa shape index (κ1) is 22.1. The number of hydrogen-bond acceptors (Lipinski definition) is 4. The number of hydrogen-bond donors (Lipinski definition) is 2. The minimum absolute atomic E-state index is 0. The maximum absolute atomic E-state index is 12.1. The Balaban J connectivity index is 0.00000242. The van der Waals surface area contributed by atoms with Gasteiger partial charge in [0, 0.05) is 26.2 Å². The maximum atomic E-state index is 12.1. The molecule has 1 aromatic carbocycles. The summed E-state index contributed by atoms with van der Waals surface area (Å²) < 4.78 is 5.60. The van der Waals surface area contributed by atoms with Gasteiger partial charge in [0.25, 0.3) is 0 Å². The highest BCUT2D eigenvalue weighted by Crippen LogP contribution is 2.10. The molecule has 1 aromatic rings. The molecule has 0 aromatic heterocycles. The molecule has 1 heterocycles. The molecule has 1 fully saturated rings. The number of benzene rings is 1. The van der Waals surface area contributed by atoms with E-state index >= 15 is 0 Å². The van der Waals surface area contributed by atoms with Crippen molar-refractivity contribution in [1.82, 2.24) is 15.5 Å². The van der Waals surface area contributed by atoms with Crippen LogP contribution in [0.15, 0.2) is 30.3 Å². The third kappa shape index (κ3) is 7.99. The Labute approximate surface area is 151 Å². The lowest BCUT2D eigenvalue weighted by atomic mass is 10.2. The second-order valence-electron chi connectivity index (χ2n) is 5.33. The van der Waals surface area contributed by atoms with Gasteiger partial charge in [-0.2, -0.15) is 0 Å². The Morgan fingerprint density at radius 2 is 2.00 bits per heavy atom. The van der Waals surface area contributed by atoms with Crippen LogP contribution in [0.1, 0.15) is 12.0 Å². The Hall–Kier alpha value is -0.850. The lowest BCUT2D eigenvalue weighted by Gasteiger charge is -2.32. The molecule has 2 rings (SSSR count). The SMILES string of the molecule is CNCCCNC(=O)C1CN(Cc2ccccc2)CCO1.Cl.Cl. The topological polar surface area (TPSA) is 53.6 Å². The van der Waals surface area contributed by atoms with E-state index in [-0.39, 0.29) is 36.8 Å². The zero-order valence-electron chi connectivity index (χ0n) is 13.5. The largest absolute Gasteiger partial charge is 0.366 e. The second kappa shape index (κ2) is 12.6. The molecule has 132 valence electrons. The van der Waals surface area contributed by atoms with Gasteiger partial charge >= 0.3 is 0 Å². The van der Waals surface area contributed by atoms with Gasteiger partial charge in [-0.05, 0) is 25.6 Å². The van der Waals surface area contributed by atoms with E-state index in [9.17, 15) is 4.79 Å². The molecule has 1 aliphatic heterocycles. The summed E-state index contributed by atoms with van der Waals surface area (Å²) in [6.07, 6.45) is 0.583. The summed E-state index contributed by atoms with van der Waals surface area (Å²) in [5.74, 6) is 0.00358. The number of halogens is 2. The molecule has 5 nitrogen and oxygen atoms in total. The van der Waals surface area contributed by atoms with Gasteiger partial charge in [0.2, 0.25) is 5.91 Å². The number of carbonyl (C=O) groups excluding carboxylic acids is 1. The van der Waals surface area contributed by atoms with Crippen molar-refractivity contribution < 1.29 is 9.53 Å². The highest BCUT2D eigenvalue weighted by molar-refractivity contribution is 5.85. The molecule has 0 spiro atoms. The average molecular weight is 364 g/mol. The third-order valence-corrected chi connectivity index (χ3v) is 3.59. The molecular weight excluding hydrogens is 337 g/mol. The lowest BCUT2D eigenvalue weighted by molar-refractivity contribution is -0.138. The van der Waals surface area contributed by atoms with Gasteiger partial charge in [0.15, 0.2) is 0 Å². The maximum Gasteiger partial charge on any atom is 0.250 e. The third-order valence-electron chi connectivity index (χ3n) is 3.59. The molecule has 1 aliphatic rings. The van der Waals surface area contributed by atoms with Gasteiger partial charge in [0.1, 0.15) is 6.10 Å². The molecule has 0 aliphatic carbocycles. The van der Waals surface area contributed by atoms with Crippen LogP contribution in [0, 0.1) is 0 Å². The van der Waals surface area contributed by atoms with Crippen molar-refractivity contribution in [2.45, 2.75) is 19.1 Å². The van der Waals surface area contributed by atoms with E-state index in [1.807, 2.05) is 25.2 Å². The van der Waals surface area contributed by atoms with E-state index in [2.05, 4.69) is 27.7 Å². The molecule has 1 amide bonds. The summed E-state index contributed by atoms with van der Waals surface area (Å²) in [6.45, 7) is 4.62. The first-order chi connectivity index (χ1) is 10.3. The fourth-order valence-electron chi connectivity index (χ4n) is 2.44. The lowest BCUT2D eigenvalue weighted by Crippen LogP contribution is -2.49. The number of ether oxygens (including phenoxy) is 1. The Kier molecular flexibility index (Phi) is 12.1. The van der Waals surface area contributed by atoms with E-state index < -0.39 is 0 Å². The minimum Gasteiger partial charge on any atom is -0.366 e. The van der Waals surface area contributed by atoms with Crippen LogP contribution >= 0.6 is 24.8 Å². The highest BCUT2D eigenvalue weighted by atomic mass is 35.5. The smallest absolute Gasteiger partial charge is 0.250 e. The van der Waals surface area contributed by atoms with E-state index in [1.165, 1.54) is 5.56 Å². The van der Waals surface area contributed by atoms with E-state index in [4.69, 9.17) is 4.74 Å². The van der Waals surface area contributed by atoms with Gasteiger partial charge in [0.05, 0.1) is 6.61 Å². The monoisotopic (exact) mass is 363 g/mol. The molecule has 1 unspecified atom stereocenters. The molecule has 0 radical (unpaired) electrons. The zero-order chi connectivity index (χ0) is 14.9. The summed E-state index contributed by atoms with van der Waals surface area (Å²) in [5, 5.41) is 6.01. The molecule has 0 bridgehead atoms. The molecule has 1 atom stereocenters. The van der Waals surface area contributed by atoms with E-state index in [0.717, 1.165) is 26.1 Å². The zero-order valence-corrected chi connectivity index (χ0v) is 15.1. The van der Waals surface area contributed by atoms with Crippen LogP contribution in [0.4, 0.5) is 0 Å². The number of nitrogens with one attached hydrogen (secondary N) is 2. The molecule has 1 saturated heterocycles. The van der Waals surface area contributed by atoms with Gasteiger partial charge in [-0.25, -0.2) is 0 Å². The summed E-state index contributed by atoms with van der Waals surface area (Å²) in [6, 6.07) is 10.3. The van der Waals surface area contributed by atoms with E-state index in [1.54, 1.807) is 0 Å². The van der Waals surface area contributed by atoms with Crippen molar-refractivity contribution in [2.75, 3.05) is 39.8 Å². The van der Waals surface area contributed by atoms with Crippen molar-refractivity contribution in [3.63, 3.8) is 0 Å². The normalized spacial score (nSPS) is 17.7. The van der Waals surface area contributed by atoms with Gasteiger partial charge in [-0.3, -0.25) is 9.69 Å². The van der Waals surface area contributed by atoms with Crippen LogP contribution in [0.5, 0.6) is 0 Å². The van der Waals surface area contributed by atoms with Crippen LogP contribution < -0.4 is 10.6 Å². The standard InChI is InChI=1S/C16H25N3O2.2ClH/c1-17-8-5-9-18-16(20)15-13-19(10-11-21-15)12-14-6-3-2-4-7-14;;/h2-4,6-7,15,17H,5,8-13H2,1H3,(H,18,20);2*1H. The number of rotatable bonds is 7. The van der Waals surface area contributed by atoms with Crippen molar-refractivity contribution in [3.05, 3.63) is 35.9 Å². The fraction of sp³-hybridized carbons (Fsp3) is 0.562. The van der Waals surface area contributed by atoms with Crippen LogP contribution in [0.25, 0.3) is 0 Å². The van der Waals surface area contributed by atoms with Gasteiger partial charge < -0.3 is 15.4 Å². The second-order valence-corrected chi connectivity index (χ2v) is 5.33. The first-order valence-electron chi connectivity index (χ1n) is 7.60. The summed E-state index contributed by atoms with van der Waals surface area (Å²) in [7, 11) is 1.91. The first-order valence-corrected chi connectivity index (χ1v) is 7.60. The Morgan fingerprint density at radius 3 is 2.70 bits per heavy atom. The highest BCUT2D eigenvalue weighted by Gasteiger charge is 2.26. The quantitative estimate of drug-likeness (QED) is 0.720.